The van der Waals surface area contributed by atoms with Crippen molar-refractivity contribution in [1.82, 2.24) is 25.3 Å². The van der Waals surface area contributed by atoms with E-state index in [2.05, 4.69) is 30.6 Å². The average molecular weight is 555 g/mol. The molecule has 0 aliphatic rings. The third kappa shape index (κ3) is 14.6. The predicted octanol–water partition coefficient (Wildman–Crippen LogP) is 5.33. The largest absolute Gasteiger partial charge is 0.444 e. The Balaban J connectivity index is 0.00000237. The normalized spacial score (nSPS) is 9.85. The van der Waals surface area contributed by atoms with Gasteiger partial charge in [-0.25, -0.2) is 14.8 Å². The van der Waals surface area contributed by atoms with E-state index in [4.69, 9.17) is 19.1 Å². The number of benzene rings is 1. The summed E-state index contributed by atoms with van der Waals surface area (Å²) in [5.41, 5.74) is 3.26. The van der Waals surface area contributed by atoms with Crippen LogP contribution in [0, 0.1) is 0 Å². The van der Waals surface area contributed by atoms with E-state index in [-0.39, 0.29) is 0 Å². The molecule has 0 fully saturated rings. The molecular formula is C29H42N6O5. The molecule has 3 aromatic rings. The van der Waals surface area contributed by atoms with Gasteiger partial charge >= 0.3 is 6.09 Å². The van der Waals surface area contributed by atoms with Crippen molar-refractivity contribution in [1.29, 1.82) is 0 Å². The molecule has 0 aliphatic carbocycles. The first-order valence-corrected chi connectivity index (χ1v) is 12.9. The number of alkyl carbamates (subject to hydrolysis) is 1. The van der Waals surface area contributed by atoms with Crippen molar-refractivity contribution < 1.29 is 23.9 Å². The monoisotopic (exact) mass is 554 g/mol. The molecule has 11 nitrogen and oxygen atoms in total. The van der Waals surface area contributed by atoms with Crippen LogP contribution in [0.4, 0.5) is 16.4 Å². The number of amides is 1. The van der Waals surface area contributed by atoms with Crippen molar-refractivity contribution in [3.63, 3.8) is 0 Å². The summed E-state index contributed by atoms with van der Waals surface area (Å²) in [5, 5.41) is 5.99. The average Bonchev–Trinajstić information content (AvgIpc) is 2.97. The lowest BCUT2D eigenvalue weighted by atomic mass is 10.1. The lowest BCUT2D eigenvalue weighted by molar-refractivity contribution is -0.0987. The lowest BCUT2D eigenvalue weighted by Crippen LogP contribution is -2.33. The summed E-state index contributed by atoms with van der Waals surface area (Å²) in [6.07, 6.45) is 6.11. The van der Waals surface area contributed by atoms with Gasteiger partial charge in [-0.05, 0) is 69.9 Å². The molecule has 0 aliphatic heterocycles. The van der Waals surface area contributed by atoms with E-state index in [1.165, 1.54) is 6.33 Å². The second kappa shape index (κ2) is 20.7. The van der Waals surface area contributed by atoms with Crippen molar-refractivity contribution >= 4 is 31.3 Å². The van der Waals surface area contributed by atoms with Crippen molar-refractivity contribution in [2.75, 3.05) is 18.5 Å². The number of carbonyl (C=O) groups excluding carboxylic acids is 3. The van der Waals surface area contributed by atoms with E-state index in [0.717, 1.165) is 35.2 Å². The van der Waals surface area contributed by atoms with Crippen LogP contribution in [-0.2, 0) is 32.1 Å². The maximum Gasteiger partial charge on any atom is 0.407 e. The van der Waals surface area contributed by atoms with Gasteiger partial charge in [0.15, 0.2) is 5.82 Å². The van der Waals surface area contributed by atoms with Crippen molar-refractivity contribution in [3.8, 4) is 11.4 Å². The van der Waals surface area contributed by atoms with E-state index in [9.17, 15) is 4.79 Å². The maximum atomic E-state index is 11.8. The molecule has 40 heavy (non-hydrogen) atoms. The molecule has 2 N–H and O–H groups in total. The molecule has 3 rings (SSSR count). The number of aryl methyl sites for hydroxylation is 1. The minimum absolute atomic E-state index is 0.409. The Labute approximate surface area is 237 Å². The summed E-state index contributed by atoms with van der Waals surface area (Å²) >= 11 is 0. The number of carbonyl (C=O) groups is 3. The number of aromatic nitrogens is 4. The number of nitrogens with zero attached hydrogens (tertiary/aromatic N) is 4. The highest BCUT2D eigenvalue weighted by Gasteiger charge is 2.15. The molecule has 0 bridgehead atoms. The quantitative estimate of drug-likeness (QED) is 0.315. The Bertz CT molecular complexity index is 1120. The molecule has 0 spiro atoms. The molecule has 2 aromatic heterocycles. The number of rotatable bonds is 10. The molecule has 2 heterocycles. The first-order chi connectivity index (χ1) is 19.3. The van der Waals surface area contributed by atoms with Crippen LogP contribution in [0.15, 0.2) is 49.1 Å². The van der Waals surface area contributed by atoms with Crippen LogP contribution in [-0.4, -0.2) is 58.4 Å². The van der Waals surface area contributed by atoms with Crippen LogP contribution in [0.5, 0.6) is 0 Å². The minimum Gasteiger partial charge on any atom is -0.444 e. The molecule has 218 valence electrons. The number of pyridine rings is 1. The van der Waals surface area contributed by atoms with Gasteiger partial charge in [-0.3, -0.25) is 4.98 Å². The zero-order valence-electron chi connectivity index (χ0n) is 24.4. The van der Waals surface area contributed by atoms with Crippen LogP contribution in [0.25, 0.3) is 11.4 Å². The SMILES string of the molecule is C=O.C=O.CC.CCOCc1cccc(Nc2ncnc(-c3cncc(CCCNC(=O)OC(C)(C)C)c3)n2)c1. The molecule has 0 saturated heterocycles. The second-order valence-electron chi connectivity index (χ2n) is 8.71. The fraction of sp³-hybridized carbons (Fsp3) is 0.414. The van der Waals surface area contributed by atoms with E-state index in [1.807, 2.05) is 85.5 Å². The van der Waals surface area contributed by atoms with Crippen molar-refractivity contribution in [3.05, 3.63) is 60.2 Å². The Morgan fingerprint density at radius 3 is 2.40 bits per heavy atom. The van der Waals surface area contributed by atoms with Crippen LogP contribution in [0.3, 0.4) is 0 Å². The topological polar surface area (TPSA) is 145 Å². The van der Waals surface area contributed by atoms with E-state index in [1.54, 1.807) is 12.4 Å². The standard InChI is InChI=1S/C25H32N6O3.C2H6.2CH2O/c1-5-33-16-19-8-6-10-21(13-19)30-23-29-17-28-22(31-23)20-12-18(14-26-15-20)9-7-11-27-24(32)34-25(2,3)4;3*1-2/h6,8,10,12-15,17H,5,7,9,11,16H2,1-4H3,(H,27,32)(H,28,29,30,31);1-2H3;2*1H2. The summed E-state index contributed by atoms with van der Waals surface area (Å²) < 4.78 is 10.7. The molecule has 0 atom stereocenters. The highest BCUT2D eigenvalue weighted by atomic mass is 16.6. The van der Waals surface area contributed by atoms with Crippen LogP contribution >= 0.6 is 0 Å². The number of anilines is 2. The molecule has 11 heteroatoms. The van der Waals surface area contributed by atoms with Crippen LogP contribution in [0.1, 0.15) is 59.1 Å². The first-order valence-electron chi connectivity index (χ1n) is 12.9. The minimum atomic E-state index is -0.507. The van der Waals surface area contributed by atoms with Crippen molar-refractivity contribution in [2.24, 2.45) is 0 Å². The Kier molecular flexibility index (Phi) is 18.5. The zero-order chi connectivity index (χ0) is 30.4. The van der Waals surface area contributed by atoms with Gasteiger partial charge in [0.25, 0.3) is 0 Å². The summed E-state index contributed by atoms with van der Waals surface area (Å²) in [4.78, 5) is 45.2. The summed E-state index contributed by atoms with van der Waals surface area (Å²) in [6, 6.07) is 9.94. The molecule has 1 aromatic carbocycles. The third-order valence-corrected chi connectivity index (χ3v) is 4.59. The van der Waals surface area contributed by atoms with Gasteiger partial charge < -0.3 is 29.7 Å². The second-order valence-corrected chi connectivity index (χ2v) is 8.71. The molecule has 0 unspecified atom stereocenters. The Hall–Kier alpha value is -4.25. The summed E-state index contributed by atoms with van der Waals surface area (Å²) in [7, 11) is 0. The summed E-state index contributed by atoms with van der Waals surface area (Å²) in [5.74, 6) is 0.981. The van der Waals surface area contributed by atoms with Gasteiger partial charge in [0.05, 0.1) is 6.61 Å². The van der Waals surface area contributed by atoms with E-state index < -0.39 is 11.7 Å². The lowest BCUT2D eigenvalue weighted by Gasteiger charge is -2.19. The number of ether oxygens (including phenoxy) is 2. The third-order valence-electron chi connectivity index (χ3n) is 4.59. The van der Waals surface area contributed by atoms with Crippen molar-refractivity contribution in [2.45, 2.75) is 66.6 Å². The fourth-order valence-corrected chi connectivity index (χ4v) is 3.13. The zero-order valence-corrected chi connectivity index (χ0v) is 24.4. The highest BCUT2D eigenvalue weighted by molar-refractivity contribution is 5.67. The smallest absolute Gasteiger partial charge is 0.407 e. The van der Waals surface area contributed by atoms with Gasteiger partial charge in [-0.1, -0.05) is 26.0 Å². The van der Waals surface area contributed by atoms with Gasteiger partial charge in [0, 0.05) is 36.8 Å². The first kappa shape index (κ1) is 35.8. The molecule has 1 amide bonds. The number of nitrogens with one attached hydrogen (secondary N) is 2. The van der Waals surface area contributed by atoms with Gasteiger partial charge in [-0.15, -0.1) is 0 Å². The van der Waals surface area contributed by atoms with Gasteiger partial charge in [0.1, 0.15) is 25.5 Å². The number of hydrogen-bond donors (Lipinski definition) is 2. The fourth-order valence-electron chi connectivity index (χ4n) is 3.13. The highest BCUT2D eigenvalue weighted by Crippen LogP contribution is 2.19. The molecule has 0 radical (unpaired) electrons. The maximum absolute atomic E-state index is 11.8. The Morgan fingerprint density at radius 2 is 1.73 bits per heavy atom. The predicted molar refractivity (Wildman–Crippen MR) is 156 cm³/mol. The van der Waals surface area contributed by atoms with E-state index in [0.29, 0.717) is 31.5 Å². The molecule has 0 saturated carbocycles. The Morgan fingerprint density at radius 1 is 1.00 bits per heavy atom. The van der Waals surface area contributed by atoms with Crippen LogP contribution < -0.4 is 10.6 Å². The van der Waals surface area contributed by atoms with Gasteiger partial charge in [0.2, 0.25) is 5.95 Å². The summed E-state index contributed by atoms with van der Waals surface area (Å²) in [6.45, 7) is 17.2. The van der Waals surface area contributed by atoms with Gasteiger partial charge in [-0.2, -0.15) is 4.98 Å². The van der Waals surface area contributed by atoms with E-state index >= 15 is 0 Å². The number of hydrogen-bond acceptors (Lipinski definition) is 10. The molecular weight excluding hydrogens is 512 g/mol. The van der Waals surface area contributed by atoms with Crippen LogP contribution in [0.2, 0.25) is 0 Å².